The number of hydrogen-bond donors (Lipinski definition) is 0. The maximum Gasteiger partial charge on any atom is 0.193 e. The number of ether oxygens (including phenoxy) is 2. The van der Waals surface area contributed by atoms with Crippen molar-refractivity contribution in [2.75, 3.05) is 13.2 Å². The van der Waals surface area contributed by atoms with Crippen molar-refractivity contribution in [1.29, 1.82) is 0 Å². The Bertz CT molecular complexity index is 1240. The van der Waals surface area contributed by atoms with Crippen LogP contribution in [0.15, 0.2) is 94.9 Å². The predicted molar refractivity (Wildman–Crippen MR) is 125 cm³/mol. The lowest BCUT2D eigenvalue weighted by atomic mass is 10.0. The molecule has 152 valence electrons. The van der Waals surface area contributed by atoms with Crippen molar-refractivity contribution >= 4 is 33.3 Å². The molecule has 0 unspecified atom stereocenters. The molecule has 0 aromatic heterocycles. The van der Waals surface area contributed by atoms with Gasteiger partial charge < -0.3 is 9.47 Å². The van der Waals surface area contributed by atoms with Crippen LogP contribution in [0.1, 0.15) is 29.6 Å². The van der Waals surface area contributed by atoms with Crippen LogP contribution >= 0.6 is 0 Å². The van der Waals surface area contributed by atoms with Gasteiger partial charge in [0.05, 0.1) is 6.42 Å². The van der Waals surface area contributed by atoms with E-state index in [2.05, 4.69) is 84.9 Å². The molecule has 0 bridgehead atoms. The van der Waals surface area contributed by atoms with E-state index < -0.39 is 0 Å². The Labute approximate surface area is 180 Å². The third kappa shape index (κ3) is 3.55. The maximum atomic E-state index is 5.88. The Balaban J connectivity index is 1.18. The molecule has 0 fully saturated rings. The van der Waals surface area contributed by atoms with Gasteiger partial charge in [-0.15, -0.1) is 0 Å². The lowest BCUT2D eigenvalue weighted by Crippen LogP contribution is -2.08. The zero-order valence-electron chi connectivity index (χ0n) is 17.1. The summed E-state index contributed by atoms with van der Waals surface area (Å²) in [4.78, 5) is 9.60. The molecule has 4 aromatic rings. The summed E-state index contributed by atoms with van der Waals surface area (Å²) in [5, 5.41) is 4.93. The van der Waals surface area contributed by atoms with Crippen molar-refractivity contribution in [3.05, 3.63) is 96.1 Å². The molecule has 6 rings (SSSR count). The van der Waals surface area contributed by atoms with Crippen LogP contribution in [-0.4, -0.2) is 25.0 Å². The highest BCUT2D eigenvalue weighted by atomic mass is 16.5. The third-order valence-corrected chi connectivity index (χ3v) is 6.03. The summed E-state index contributed by atoms with van der Waals surface area (Å²) in [5.41, 5.74) is 2.36. The van der Waals surface area contributed by atoms with Crippen LogP contribution in [0, 0.1) is 0 Å². The Morgan fingerprint density at radius 3 is 1.52 bits per heavy atom. The van der Waals surface area contributed by atoms with E-state index in [0.29, 0.717) is 31.4 Å². The van der Waals surface area contributed by atoms with Crippen LogP contribution in [0.3, 0.4) is 0 Å². The third-order valence-electron chi connectivity index (χ3n) is 6.03. The maximum absolute atomic E-state index is 5.88. The van der Waals surface area contributed by atoms with Crippen LogP contribution in [0.25, 0.3) is 21.5 Å². The van der Waals surface area contributed by atoms with Crippen LogP contribution < -0.4 is 0 Å². The molecule has 4 nitrogen and oxygen atoms in total. The van der Waals surface area contributed by atoms with E-state index in [1.165, 1.54) is 32.7 Å². The highest BCUT2D eigenvalue weighted by Gasteiger charge is 2.26. The number of hydrogen-bond acceptors (Lipinski definition) is 4. The van der Waals surface area contributed by atoms with E-state index in [0.717, 1.165) is 0 Å². The van der Waals surface area contributed by atoms with Crippen LogP contribution in [0.4, 0.5) is 0 Å². The van der Waals surface area contributed by atoms with E-state index in [1.807, 2.05) is 0 Å². The second kappa shape index (κ2) is 7.55. The number of rotatable bonds is 4. The van der Waals surface area contributed by atoms with Crippen molar-refractivity contribution in [3.63, 3.8) is 0 Å². The molecule has 2 aliphatic rings. The number of aliphatic imine (C=N–C) groups is 2. The molecule has 31 heavy (non-hydrogen) atoms. The van der Waals surface area contributed by atoms with Gasteiger partial charge in [-0.25, -0.2) is 9.98 Å². The van der Waals surface area contributed by atoms with Crippen LogP contribution in [0.2, 0.25) is 0 Å². The van der Waals surface area contributed by atoms with Crippen molar-refractivity contribution < 1.29 is 9.47 Å². The Morgan fingerprint density at radius 2 is 1.03 bits per heavy atom. The molecule has 4 aromatic carbocycles. The minimum Gasteiger partial charge on any atom is -0.478 e. The first-order valence-corrected chi connectivity index (χ1v) is 10.7. The highest BCUT2D eigenvalue weighted by molar-refractivity contribution is 5.98. The molecule has 0 N–H and O–H groups in total. The largest absolute Gasteiger partial charge is 0.478 e. The fraction of sp³-hybridized carbons (Fsp3) is 0.185. The number of benzene rings is 4. The van der Waals surface area contributed by atoms with E-state index in [9.17, 15) is 0 Å². The summed E-state index contributed by atoms with van der Waals surface area (Å²) in [6.07, 6.45) is 0.508. The summed E-state index contributed by atoms with van der Waals surface area (Å²) in [7, 11) is 0. The lowest BCUT2D eigenvalue weighted by Gasteiger charge is -2.06. The molecule has 2 aliphatic heterocycles. The van der Waals surface area contributed by atoms with Crippen LogP contribution in [-0.2, 0) is 9.47 Å². The molecule has 0 aliphatic carbocycles. The fourth-order valence-corrected chi connectivity index (χ4v) is 4.34. The van der Waals surface area contributed by atoms with E-state index in [1.54, 1.807) is 0 Å². The summed E-state index contributed by atoms with van der Waals surface area (Å²) in [5.74, 6) is 1.41. The fourth-order valence-electron chi connectivity index (χ4n) is 4.34. The number of nitrogens with zero attached hydrogens (tertiary/aromatic N) is 2. The van der Waals surface area contributed by atoms with Gasteiger partial charge in [0.15, 0.2) is 11.8 Å². The SMILES string of the molecule is c1ccc2cc([C@H]3COC(CC4=N[C@@H](c5ccc6ccccc6c5)CO4)=N3)ccc2c1. The number of fused-ring (bicyclic) bond motifs is 2. The van der Waals surface area contributed by atoms with E-state index >= 15 is 0 Å². The molecular weight excluding hydrogens is 384 g/mol. The Morgan fingerprint density at radius 1 is 0.581 bits per heavy atom. The molecule has 0 saturated heterocycles. The topological polar surface area (TPSA) is 43.2 Å². The van der Waals surface area contributed by atoms with Gasteiger partial charge in [-0.3, -0.25) is 0 Å². The van der Waals surface area contributed by atoms with Gasteiger partial charge in [-0.05, 0) is 44.8 Å². The summed E-state index contributed by atoms with van der Waals surface area (Å²) in [6.45, 7) is 1.13. The zero-order valence-corrected chi connectivity index (χ0v) is 17.1. The van der Waals surface area contributed by atoms with Crippen molar-refractivity contribution in [2.24, 2.45) is 9.98 Å². The van der Waals surface area contributed by atoms with Gasteiger partial charge in [0.2, 0.25) is 0 Å². The van der Waals surface area contributed by atoms with Gasteiger partial charge in [-0.1, -0.05) is 72.8 Å². The second-order valence-corrected chi connectivity index (χ2v) is 8.09. The monoisotopic (exact) mass is 406 g/mol. The minimum atomic E-state index is 0.0258. The lowest BCUT2D eigenvalue weighted by molar-refractivity contribution is 0.300. The van der Waals surface area contributed by atoms with Crippen LogP contribution in [0.5, 0.6) is 0 Å². The molecule has 2 heterocycles. The molecular formula is C27H22N2O2. The van der Waals surface area contributed by atoms with Gasteiger partial charge >= 0.3 is 0 Å². The van der Waals surface area contributed by atoms with Crippen molar-refractivity contribution in [1.82, 2.24) is 0 Å². The van der Waals surface area contributed by atoms with Crippen molar-refractivity contribution in [3.8, 4) is 0 Å². The average Bonchev–Trinajstić information content (AvgIpc) is 3.49. The molecule has 0 spiro atoms. The quantitative estimate of drug-likeness (QED) is 0.416. The standard InChI is InChI=1S/C27H22N2O2/c1-3-7-20-13-22(11-9-18(20)5-1)24-16-30-26(28-24)15-27-29-25(17-31-27)23-12-10-19-6-2-4-8-21(19)14-23/h1-14,24-25H,15-17H2/t24-,25-/m1/s1. The summed E-state index contributed by atoms with van der Waals surface area (Å²) < 4.78 is 11.8. The Kier molecular flexibility index (Phi) is 4.42. The molecule has 2 atom stereocenters. The highest BCUT2D eigenvalue weighted by Crippen LogP contribution is 2.30. The zero-order chi connectivity index (χ0) is 20.6. The molecule has 0 radical (unpaired) electrons. The second-order valence-electron chi connectivity index (χ2n) is 8.09. The predicted octanol–water partition coefficient (Wildman–Crippen LogP) is 6.02. The van der Waals surface area contributed by atoms with E-state index in [4.69, 9.17) is 19.5 Å². The summed E-state index contributed by atoms with van der Waals surface area (Å²) in [6, 6.07) is 29.8. The normalized spacial score (nSPS) is 20.4. The average molecular weight is 406 g/mol. The van der Waals surface area contributed by atoms with E-state index in [-0.39, 0.29) is 12.1 Å². The Hall–Kier alpha value is -3.66. The molecule has 4 heteroatoms. The van der Waals surface area contributed by atoms with Gasteiger partial charge in [0, 0.05) is 0 Å². The van der Waals surface area contributed by atoms with Gasteiger partial charge in [0.25, 0.3) is 0 Å². The summed E-state index contributed by atoms with van der Waals surface area (Å²) >= 11 is 0. The van der Waals surface area contributed by atoms with Crippen molar-refractivity contribution in [2.45, 2.75) is 18.5 Å². The minimum absolute atomic E-state index is 0.0258. The molecule has 0 saturated carbocycles. The van der Waals surface area contributed by atoms with Gasteiger partial charge in [0.1, 0.15) is 25.3 Å². The van der Waals surface area contributed by atoms with Gasteiger partial charge in [-0.2, -0.15) is 0 Å². The first kappa shape index (κ1) is 18.1. The first-order valence-electron chi connectivity index (χ1n) is 10.7. The molecule has 0 amide bonds. The smallest absolute Gasteiger partial charge is 0.193 e. The first-order chi connectivity index (χ1) is 15.3.